The lowest BCUT2D eigenvalue weighted by atomic mass is 10.3. The predicted octanol–water partition coefficient (Wildman–Crippen LogP) is 2.56. The van der Waals surface area contributed by atoms with E-state index in [-0.39, 0.29) is 5.97 Å². The van der Waals surface area contributed by atoms with E-state index in [0.29, 0.717) is 38.3 Å². The van der Waals surface area contributed by atoms with Crippen molar-refractivity contribution in [2.75, 3.05) is 12.5 Å². The number of esters is 1. The van der Waals surface area contributed by atoms with Crippen LogP contribution in [0.1, 0.15) is 25.6 Å². The van der Waals surface area contributed by atoms with Gasteiger partial charge in [0.25, 0.3) is 0 Å². The molecule has 0 radical (unpaired) electrons. The molecule has 5 nitrogen and oxygen atoms in total. The third kappa shape index (κ3) is 3.48. The van der Waals surface area contributed by atoms with E-state index in [4.69, 9.17) is 16.3 Å². The summed E-state index contributed by atoms with van der Waals surface area (Å²) in [5.74, 6) is 1.27. The summed E-state index contributed by atoms with van der Waals surface area (Å²) in [6, 6.07) is 3.80. The number of imidazole rings is 1. The molecule has 2 aromatic rings. The molecule has 0 aromatic carbocycles. The zero-order valence-corrected chi connectivity index (χ0v) is 12.3. The Hall–Kier alpha value is -1.62. The minimum absolute atomic E-state index is 0.163. The molecule has 2 aromatic heterocycles. The highest BCUT2D eigenvalue weighted by atomic mass is 35.5. The monoisotopic (exact) mass is 295 g/mol. The van der Waals surface area contributed by atoms with Crippen molar-refractivity contribution in [2.45, 2.75) is 32.7 Å². The van der Waals surface area contributed by atoms with Gasteiger partial charge in [0.2, 0.25) is 0 Å². The summed E-state index contributed by atoms with van der Waals surface area (Å²) >= 11 is 5.81. The first kappa shape index (κ1) is 14.8. The Bertz CT molecular complexity index is 583. The summed E-state index contributed by atoms with van der Waals surface area (Å²) < 4.78 is 6.96. The molecule has 0 N–H and O–H groups in total. The van der Waals surface area contributed by atoms with Crippen LogP contribution < -0.4 is 0 Å². The van der Waals surface area contributed by atoms with Crippen LogP contribution in [0.3, 0.4) is 0 Å². The van der Waals surface area contributed by atoms with E-state index >= 15 is 0 Å². The minimum Gasteiger partial charge on any atom is -0.466 e. The Balaban J connectivity index is 2.10. The topological polar surface area (TPSA) is 57.0 Å². The van der Waals surface area contributed by atoms with Crippen molar-refractivity contribution in [2.24, 2.45) is 0 Å². The first-order valence-corrected chi connectivity index (χ1v) is 7.31. The molecule has 0 spiro atoms. The van der Waals surface area contributed by atoms with Crippen LogP contribution in [0.25, 0.3) is 11.2 Å². The Kier molecular flexibility index (Phi) is 5.35. The zero-order chi connectivity index (χ0) is 14.4. The van der Waals surface area contributed by atoms with Gasteiger partial charge in [0, 0.05) is 31.5 Å². The molecule has 0 fully saturated rings. The van der Waals surface area contributed by atoms with Gasteiger partial charge < -0.3 is 9.30 Å². The molecule has 0 saturated heterocycles. The third-order valence-corrected chi connectivity index (χ3v) is 3.16. The highest BCUT2D eigenvalue weighted by molar-refractivity contribution is 6.17. The molecule has 0 amide bonds. The van der Waals surface area contributed by atoms with Gasteiger partial charge in [-0.25, -0.2) is 9.97 Å². The lowest BCUT2D eigenvalue weighted by Gasteiger charge is -2.07. The smallest absolute Gasteiger partial charge is 0.305 e. The van der Waals surface area contributed by atoms with Gasteiger partial charge >= 0.3 is 5.97 Å². The maximum Gasteiger partial charge on any atom is 0.305 e. The highest BCUT2D eigenvalue weighted by Gasteiger charge is 2.11. The van der Waals surface area contributed by atoms with E-state index in [1.807, 2.05) is 23.6 Å². The van der Waals surface area contributed by atoms with E-state index in [1.165, 1.54) is 0 Å². The number of rotatable bonds is 7. The zero-order valence-electron chi connectivity index (χ0n) is 11.5. The van der Waals surface area contributed by atoms with Gasteiger partial charge in [-0.1, -0.05) is 0 Å². The van der Waals surface area contributed by atoms with Gasteiger partial charge in [-0.3, -0.25) is 4.79 Å². The first-order valence-electron chi connectivity index (χ1n) is 6.78. The van der Waals surface area contributed by atoms with Crippen molar-refractivity contribution >= 4 is 28.7 Å². The number of fused-ring (bicyclic) bond motifs is 1. The Labute approximate surface area is 122 Å². The molecule has 6 heteroatoms. The molecule has 0 aliphatic rings. The first-order chi connectivity index (χ1) is 9.76. The standard InChI is InChI=1S/C14H18ClN3O2/c1-2-20-13(19)6-4-10-18-12(7-8-15)17-11-5-3-9-16-14(11)18/h3,5,9H,2,4,6-8,10H2,1H3. The molecular formula is C14H18ClN3O2. The fourth-order valence-electron chi connectivity index (χ4n) is 2.13. The average Bonchev–Trinajstić information content (AvgIpc) is 2.78. The van der Waals surface area contributed by atoms with Crippen LogP contribution in [-0.2, 0) is 22.5 Å². The number of alkyl halides is 1. The lowest BCUT2D eigenvalue weighted by molar-refractivity contribution is -0.143. The van der Waals surface area contributed by atoms with E-state index in [2.05, 4.69) is 9.97 Å². The number of ether oxygens (including phenoxy) is 1. The van der Waals surface area contributed by atoms with Crippen LogP contribution in [0.4, 0.5) is 0 Å². The van der Waals surface area contributed by atoms with Gasteiger partial charge in [0.05, 0.1) is 6.61 Å². The number of carbonyl (C=O) groups is 1. The third-order valence-electron chi connectivity index (χ3n) is 2.97. The van der Waals surface area contributed by atoms with Gasteiger partial charge in [-0.15, -0.1) is 11.6 Å². The van der Waals surface area contributed by atoms with Crippen molar-refractivity contribution in [3.8, 4) is 0 Å². The largest absolute Gasteiger partial charge is 0.466 e. The van der Waals surface area contributed by atoms with E-state index in [9.17, 15) is 4.79 Å². The minimum atomic E-state index is -0.163. The number of halogens is 1. The molecular weight excluding hydrogens is 278 g/mol. The second-order valence-corrected chi connectivity index (χ2v) is 4.75. The quantitative estimate of drug-likeness (QED) is 0.582. The van der Waals surface area contributed by atoms with E-state index in [1.54, 1.807) is 6.20 Å². The fourth-order valence-corrected chi connectivity index (χ4v) is 2.30. The molecule has 0 unspecified atom stereocenters. The summed E-state index contributed by atoms with van der Waals surface area (Å²) in [5.41, 5.74) is 1.71. The Morgan fingerprint density at radius 3 is 3.10 bits per heavy atom. The normalized spacial score (nSPS) is 10.9. The van der Waals surface area contributed by atoms with Crippen LogP contribution in [0.2, 0.25) is 0 Å². The molecule has 2 rings (SSSR count). The second-order valence-electron chi connectivity index (χ2n) is 4.37. The Morgan fingerprint density at radius 2 is 2.35 bits per heavy atom. The molecule has 2 heterocycles. The highest BCUT2D eigenvalue weighted by Crippen LogP contribution is 2.15. The van der Waals surface area contributed by atoms with Crippen LogP contribution in [-0.4, -0.2) is 33.0 Å². The number of nitrogens with zero attached hydrogens (tertiary/aromatic N) is 3. The molecule has 0 aliphatic heterocycles. The molecule has 0 saturated carbocycles. The molecule has 0 bridgehead atoms. The van der Waals surface area contributed by atoms with E-state index < -0.39 is 0 Å². The second kappa shape index (κ2) is 7.24. The summed E-state index contributed by atoms with van der Waals surface area (Å²) in [7, 11) is 0. The van der Waals surface area contributed by atoms with Gasteiger partial charge in [0.1, 0.15) is 11.3 Å². The molecule has 108 valence electrons. The van der Waals surface area contributed by atoms with Crippen molar-refractivity contribution in [3.05, 3.63) is 24.2 Å². The van der Waals surface area contributed by atoms with Gasteiger partial charge in [0.15, 0.2) is 5.65 Å². The van der Waals surface area contributed by atoms with Crippen molar-refractivity contribution in [1.29, 1.82) is 0 Å². The van der Waals surface area contributed by atoms with Crippen molar-refractivity contribution in [3.63, 3.8) is 0 Å². The van der Waals surface area contributed by atoms with Crippen molar-refractivity contribution < 1.29 is 9.53 Å². The fraction of sp³-hybridized carbons (Fsp3) is 0.500. The predicted molar refractivity (Wildman–Crippen MR) is 77.8 cm³/mol. The number of carbonyl (C=O) groups excluding carboxylic acids is 1. The summed E-state index contributed by atoms with van der Waals surface area (Å²) in [4.78, 5) is 20.3. The molecule has 0 aliphatic carbocycles. The number of aromatic nitrogens is 3. The van der Waals surface area contributed by atoms with E-state index in [0.717, 1.165) is 17.0 Å². The van der Waals surface area contributed by atoms with Crippen molar-refractivity contribution in [1.82, 2.24) is 14.5 Å². The maximum absolute atomic E-state index is 11.4. The SMILES string of the molecule is CCOC(=O)CCCn1c(CCCl)nc2cccnc21. The number of pyridine rings is 1. The Morgan fingerprint density at radius 1 is 1.50 bits per heavy atom. The number of hydrogen-bond acceptors (Lipinski definition) is 4. The van der Waals surface area contributed by atoms with Gasteiger partial charge in [-0.05, 0) is 25.5 Å². The lowest BCUT2D eigenvalue weighted by Crippen LogP contribution is -2.09. The van der Waals surface area contributed by atoms with Crippen LogP contribution in [0.15, 0.2) is 18.3 Å². The van der Waals surface area contributed by atoms with Crippen LogP contribution in [0.5, 0.6) is 0 Å². The number of hydrogen-bond donors (Lipinski definition) is 0. The maximum atomic E-state index is 11.4. The summed E-state index contributed by atoms with van der Waals surface area (Å²) in [6.45, 7) is 2.92. The number of aryl methyl sites for hydroxylation is 2. The van der Waals surface area contributed by atoms with Crippen LogP contribution in [0, 0.1) is 0 Å². The summed E-state index contributed by atoms with van der Waals surface area (Å²) in [5, 5.41) is 0. The van der Waals surface area contributed by atoms with Gasteiger partial charge in [-0.2, -0.15) is 0 Å². The molecule has 0 atom stereocenters. The molecule has 20 heavy (non-hydrogen) atoms. The summed E-state index contributed by atoms with van der Waals surface area (Å²) in [6.07, 6.45) is 3.55. The van der Waals surface area contributed by atoms with Crippen LogP contribution >= 0.6 is 11.6 Å². The average molecular weight is 296 g/mol.